The summed E-state index contributed by atoms with van der Waals surface area (Å²) in [5, 5.41) is 9.91. The van der Waals surface area contributed by atoms with Crippen molar-refractivity contribution in [3.8, 4) is 134 Å². The van der Waals surface area contributed by atoms with Crippen LogP contribution in [0.2, 0.25) is 0 Å². The number of hydrogen-bond acceptors (Lipinski definition) is 4. The van der Waals surface area contributed by atoms with Crippen molar-refractivity contribution in [2.75, 3.05) is 13.6 Å². The Balaban J connectivity index is 0.898. The number of allylic oxidation sites excluding steroid dienone is 3. The van der Waals surface area contributed by atoms with Crippen LogP contribution >= 0.6 is 0 Å². The van der Waals surface area contributed by atoms with Gasteiger partial charge in [0, 0.05) is 41.4 Å². The molecular formula is C99H76N6. The highest BCUT2D eigenvalue weighted by atomic mass is 15.2. The first kappa shape index (κ1) is 66.3. The van der Waals surface area contributed by atoms with Crippen molar-refractivity contribution < 1.29 is 0 Å². The summed E-state index contributed by atoms with van der Waals surface area (Å²) in [5.41, 5.74) is 27.2. The molecule has 6 heteroatoms. The summed E-state index contributed by atoms with van der Waals surface area (Å²) >= 11 is 0. The van der Waals surface area contributed by atoms with E-state index in [1.54, 1.807) is 0 Å². The number of hydrogen-bond donors (Lipinski definition) is 1. The molecule has 502 valence electrons. The normalized spacial score (nSPS) is 12.3. The maximum atomic E-state index is 9.91. The summed E-state index contributed by atoms with van der Waals surface area (Å²) in [7, 11) is 2.06. The fourth-order valence-electron chi connectivity index (χ4n) is 15.0. The average Bonchev–Trinajstić information content (AvgIpc) is 1.57. The van der Waals surface area contributed by atoms with Crippen molar-refractivity contribution in [2.45, 2.75) is 25.7 Å². The van der Waals surface area contributed by atoms with E-state index in [1.165, 1.54) is 22.3 Å². The number of aromatic nitrogens is 3. The van der Waals surface area contributed by atoms with Gasteiger partial charge < -0.3 is 4.90 Å². The zero-order valence-electron chi connectivity index (χ0n) is 59.0. The fraction of sp³-hybridized carbons (Fsp3) is 0.0606. The smallest absolute Gasteiger partial charge is 0.164 e. The van der Waals surface area contributed by atoms with E-state index in [2.05, 4.69) is 384 Å². The summed E-state index contributed by atoms with van der Waals surface area (Å²) < 4.78 is 0. The molecule has 0 fully saturated rings. The Labute approximate surface area is 615 Å². The molecule has 0 unspecified atom stereocenters. The molecule has 0 saturated heterocycles. The van der Waals surface area contributed by atoms with Gasteiger partial charge in [0.05, 0.1) is 5.41 Å². The van der Waals surface area contributed by atoms with Gasteiger partial charge >= 0.3 is 0 Å². The second kappa shape index (κ2) is 29.4. The minimum absolute atomic E-state index is 0.169. The molecule has 0 bridgehead atoms. The fourth-order valence-corrected chi connectivity index (χ4v) is 15.0. The zero-order chi connectivity index (χ0) is 71.2. The van der Waals surface area contributed by atoms with Crippen LogP contribution in [-0.4, -0.2) is 45.1 Å². The molecule has 0 saturated carbocycles. The third-order valence-electron chi connectivity index (χ3n) is 20.2. The Kier molecular flexibility index (Phi) is 18.5. The van der Waals surface area contributed by atoms with E-state index in [1.807, 2.05) is 12.1 Å². The standard InChI is InChI=1S/C99H76N6/c1-5-32-88(6-2)99(92-51-28-26-49-90(92)91-50-27-29-52-93(91)99)89-65-83(58-84(66-89)74-46-31-48-76(54-74)98(105(4)7-3)101-94(100)85-59-77(67-33-14-8-15-34-67)55-78(60-85)68-35-16-9-17-36-68)73-45-30-47-75(53-73)95-102-96(86-61-79(69-37-18-10-19-38-69)56-80(62-86)70-39-20-11-21-40-70)104-97(103-95)87-63-81(71-41-22-12-23-42-71)57-82(64-87)72-43-24-13-25-44-72/h6,8-66,100H,2,5,7H2,1,3-4H3/b88-32+,100-94?,101-98?. The molecule has 0 aliphatic heterocycles. The molecule has 0 radical (unpaired) electrons. The number of fused-ring (bicyclic) bond motifs is 3. The van der Waals surface area contributed by atoms with Gasteiger partial charge in [-0.05, 0) is 221 Å². The number of rotatable bonds is 18. The Morgan fingerprint density at radius 1 is 0.343 bits per heavy atom. The second-order valence-electron chi connectivity index (χ2n) is 26.8. The van der Waals surface area contributed by atoms with Crippen molar-refractivity contribution in [1.82, 2.24) is 19.9 Å². The Bertz CT molecular complexity index is 5420. The summed E-state index contributed by atoms with van der Waals surface area (Å²) in [6.45, 7) is 9.60. The first-order valence-corrected chi connectivity index (χ1v) is 36.0. The maximum Gasteiger partial charge on any atom is 0.164 e. The van der Waals surface area contributed by atoms with Gasteiger partial charge in [-0.25, -0.2) is 19.9 Å². The molecule has 14 aromatic carbocycles. The Morgan fingerprint density at radius 3 is 1.04 bits per heavy atom. The van der Waals surface area contributed by atoms with Crippen LogP contribution in [0.3, 0.4) is 0 Å². The second-order valence-corrected chi connectivity index (χ2v) is 26.8. The van der Waals surface area contributed by atoms with Crippen LogP contribution in [0.15, 0.2) is 381 Å². The number of aliphatic imine (C=N–C) groups is 1. The van der Waals surface area contributed by atoms with Gasteiger partial charge in [-0.2, -0.15) is 0 Å². The molecule has 0 amide bonds. The molecule has 15 aromatic rings. The third kappa shape index (κ3) is 13.3. The molecule has 1 aromatic heterocycles. The average molecular weight is 1350 g/mol. The van der Waals surface area contributed by atoms with Gasteiger partial charge in [-0.3, -0.25) is 5.41 Å². The van der Waals surface area contributed by atoms with E-state index < -0.39 is 5.41 Å². The van der Waals surface area contributed by atoms with E-state index in [4.69, 9.17) is 19.9 Å². The van der Waals surface area contributed by atoms with Gasteiger partial charge in [-0.1, -0.05) is 293 Å². The topological polar surface area (TPSA) is 78.1 Å². The molecule has 16 rings (SSSR count). The monoisotopic (exact) mass is 1350 g/mol. The molecular weight excluding hydrogens is 1270 g/mol. The highest BCUT2D eigenvalue weighted by Crippen LogP contribution is 2.57. The SMILES string of the molecule is C=C/C(=C\CC)C1(c2cc(-c3cccc(C(=NC(=N)c4cc(-c5ccccc5)cc(-c5ccccc5)c4)N(C)CC)c3)cc(-c3cccc(-c4nc(-c5cc(-c6ccccc6)cc(-c6ccccc6)c5)nc(-c5cc(-c6ccccc6)cc(-c6ccccc6)c5)n4)c3)c2)c2ccccc2-c2ccccc21. The lowest BCUT2D eigenvalue weighted by molar-refractivity contribution is 0.537. The van der Waals surface area contributed by atoms with E-state index in [-0.39, 0.29) is 5.84 Å². The van der Waals surface area contributed by atoms with Gasteiger partial charge in [0.1, 0.15) is 5.84 Å². The van der Waals surface area contributed by atoms with Crippen LogP contribution in [-0.2, 0) is 5.41 Å². The van der Waals surface area contributed by atoms with Crippen molar-refractivity contribution >= 4 is 11.7 Å². The molecule has 1 aliphatic carbocycles. The Morgan fingerprint density at radius 2 is 0.648 bits per heavy atom. The van der Waals surface area contributed by atoms with E-state index >= 15 is 0 Å². The van der Waals surface area contributed by atoms with Crippen LogP contribution in [0, 0.1) is 5.41 Å². The molecule has 1 aliphatic rings. The van der Waals surface area contributed by atoms with Gasteiger partial charge in [-0.15, -0.1) is 0 Å². The van der Waals surface area contributed by atoms with Crippen molar-refractivity contribution in [3.63, 3.8) is 0 Å². The van der Waals surface area contributed by atoms with E-state index in [9.17, 15) is 5.41 Å². The van der Waals surface area contributed by atoms with Crippen LogP contribution < -0.4 is 0 Å². The van der Waals surface area contributed by atoms with E-state index in [0.29, 0.717) is 29.9 Å². The molecule has 1 N–H and O–H groups in total. The molecule has 0 spiro atoms. The largest absolute Gasteiger partial charge is 0.359 e. The molecule has 0 atom stereocenters. The first-order chi connectivity index (χ1) is 51.7. The minimum atomic E-state index is -0.764. The Hall–Kier alpha value is -13.3. The predicted octanol–water partition coefficient (Wildman–Crippen LogP) is 24.8. The molecule has 105 heavy (non-hydrogen) atoms. The summed E-state index contributed by atoms with van der Waals surface area (Å²) in [4.78, 5) is 24.1. The van der Waals surface area contributed by atoms with Crippen LogP contribution in [0.4, 0.5) is 0 Å². The van der Waals surface area contributed by atoms with Crippen LogP contribution in [0.5, 0.6) is 0 Å². The lowest BCUT2D eigenvalue weighted by Gasteiger charge is -2.35. The van der Waals surface area contributed by atoms with E-state index in [0.717, 1.165) is 134 Å². The van der Waals surface area contributed by atoms with Crippen LogP contribution in [0.25, 0.3) is 134 Å². The lowest BCUT2D eigenvalue weighted by atomic mass is 9.66. The molecule has 1 heterocycles. The lowest BCUT2D eigenvalue weighted by Crippen LogP contribution is -2.29. The number of benzene rings is 14. The number of amidine groups is 2. The maximum absolute atomic E-state index is 9.91. The minimum Gasteiger partial charge on any atom is -0.359 e. The highest BCUT2D eigenvalue weighted by molar-refractivity contribution is 6.11. The predicted molar refractivity (Wildman–Crippen MR) is 438 cm³/mol. The van der Waals surface area contributed by atoms with Crippen molar-refractivity contribution in [2.24, 2.45) is 4.99 Å². The quantitative estimate of drug-likeness (QED) is 0.0527. The van der Waals surface area contributed by atoms with Gasteiger partial charge in [0.15, 0.2) is 23.3 Å². The van der Waals surface area contributed by atoms with Crippen molar-refractivity contribution in [3.05, 3.63) is 404 Å². The van der Waals surface area contributed by atoms with Gasteiger partial charge in [0.25, 0.3) is 0 Å². The van der Waals surface area contributed by atoms with Crippen molar-refractivity contribution in [1.29, 1.82) is 5.41 Å². The zero-order valence-corrected chi connectivity index (χ0v) is 59.0. The van der Waals surface area contributed by atoms with Gasteiger partial charge in [0.2, 0.25) is 0 Å². The number of nitrogens with one attached hydrogen (secondary N) is 1. The van der Waals surface area contributed by atoms with Crippen LogP contribution in [0.1, 0.15) is 48.1 Å². The third-order valence-corrected chi connectivity index (χ3v) is 20.2. The summed E-state index contributed by atoms with van der Waals surface area (Å²) in [6, 6.07) is 125. The number of nitrogens with zero attached hydrogens (tertiary/aromatic N) is 5. The molecule has 6 nitrogen and oxygen atoms in total. The summed E-state index contributed by atoms with van der Waals surface area (Å²) in [6.07, 6.45) is 5.22. The highest BCUT2D eigenvalue weighted by Gasteiger charge is 2.46. The first-order valence-electron chi connectivity index (χ1n) is 36.0. The summed E-state index contributed by atoms with van der Waals surface area (Å²) in [5.74, 6) is 2.50.